The van der Waals surface area contributed by atoms with Crippen LogP contribution in [0.3, 0.4) is 0 Å². The van der Waals surface area contributed by atoms with E-state index in [-0.39, 0.29) is 23.9 Å². The maximum Gasteiger partial charge on any atom is 0.243 e. The van der Waals surface area contributed by atoms with Gasteiger partial charge in [-0.25, -0.2) is 8.78 Å². The number of aromatic nitrogens is 2. The first-order valence-electron chi connectivity index (χ1n) is 9.12. The Bertz CT molecular complexity index is 1110. The van der Waals surface area contributed by atoms with E-state index in [0.717, 1.165) is 23.4 Å². The van der Waals surface area contributed by atoms with Gasteiger partial charge in [-0.15, -0.1) is 10.2 Å². The van der Waals surface area contributed by atoms with Gasteiger partial charge in [0.15, 0.2) is 16.0 Å². The van der Waals surface area contributed by atoms with Crippen LogP contribution in [0.4, 0.5) is 25.3 Å². The van der Waals surface area contributed by atoms with Gasteiger partial charge in [-0.3, -0.25) is 9.59 Å². The third-order valence-corrected chi connectivity index (χ3v) is 6.11. The van der Waals surface area contributed by atoms with Gasteiger partial charge < -0.3 is 16.0 Å². The van der Waals surface area contributed by atoms with Gasteiger partial charge in [0.1, 0.15) is 0 Å². The summed E-state index contributed by atoms with van der Waals surface area (Å²) < 4.78 is 26.6. The second-order valence-corrected chi connectivity index (χ2v) is 8.74. The fourth-order valence-corrected chi connectivity index (χ4v) is 4.00. The number of carbonyl (C=O) groups excluding carboxylic acids is 2. The molecule has 3 rings (SSSR count). The lowest BCUT2D eigenvalue weighted by Crippen LogP contribution is -2.33. The summed E-state index contributed by atoms with van der Waals surface area (Å²) in [6.45, 7) is 3.77. The Morgan fingerprint density at radius 1 is 0.968 bits per heavy atom. The quantitative estimate of drug-likeness (QED) is 0.437. The van der Waals surface area contributed by atoms with E-state index < -0.39 is 17.5 Å². The van der Waals surface area contributed by atoms with Crippen molar-refractivity contribution in [2.24, 2.45) is 0 Å². The lowest BCUT2D eigenvalue weighted by atomic mass is 10.1. The van der Waals surface area contributed by atoms with Crippen LogP contribution in [0.2, 0.25) is 0 Å². The number of hydrogen-bond acceptors (Lipinski definition) is 7. The monoisotopic (exact) mass is 463 g/mol. The minimum atomic E-state index is -1.07. The van der Waals surface area contributed by atoms with Crippen LogP contribution in [-0.2, 0) is 9.59 Å². The second kappa shape index (κ2) is 10.3. The number of hydrogen-bond donors (Lipinski definition) is 3. The molecule has 0 aliphatic rings. The number of aryl methyl sites for hydroxylation is 2. The summed E-state index contributed by atoms with van der Waals surface area (Å²) in [4.78, 5) is 23.8. The highest BCUT2D eigenvalue weighted by Crippen LogP contribution is 2.28. The Balaban J connectivity index is 1.41. The Labute approximate surface area is 185 Å². The molecule has 0 saturated carbocycles. The van der Waals surface area contributed by atoms with Crippen molar-refractivity contribution in [3.8, 4) is 0 Å². The van der Waals surface area contributed by atoms with Gasteiger partial charge in [0.2, 0.25) is 16.9 Å². The number of benzene rings is 2. The molecule has 0 aliphatic carbocycles. The summed E-state index contributed by atoms with van der Waals surface area (Å²) in [7, 11) is 0. The third kappa shape index (κ3) is 6.72. The molecule has 0 unspecified atom stereocenters. The number of amides is 2. The molecule has 0 fully saturated rings. The molecule has 3 N–H and O–H groups in total. The molecule has 0 bridgehead atoms. The standard InChI is InChI=1S/C20H19F2N5O2S2/c1-11-3-4-13(7-12(11)2)25-19-26-27-20(31-19)30-10-18(29)23-9-17(28)24-14-5-6-15(21)16(22)8-14/h3-8H,9-10H2,1-2H3,(H,23,29)(H,24,28)(H,25,26). The maximum atomic E-state index is 13.1. The maximum absolute atomic E-state index is 13.1. The lowest BCUT2D eigenvalue weighted by Gasteiger charge is -2.07. The van der Waals surface area contributed by atoms with Crippen LogP contribution in [0.5, 0.6) is 0 Å². The molecule has 11 heteroatoms. The van der Waals surface area contributed by atoms with E-state index in [1.807, 2.05) is 32.0 Å². The van der Waals surface area contributed by atoms with Gasteiger partial charge in [0, 0.05) is 17.4 Å². The van der Waals surface area contributed by atoms with E-state index in [9.17, 15) is 18.4 Å². The lowest BCUT2D eigenvalue weighted by molar-refractivity contribution is -0.122. The molecule has 0 atom stereocenters. The number of nitrogens with one attached hydrogen (secondary N) is 3. The molecule has 162 valence electrons. The Morgan fingerprint density at radius 3 is 2.48 bits per heavy atom. The van der Waals surface area contributed by atoms with Gasteiger partial charge in [-0.2, -0.15) is 0 Å². The predicted molar refractivity (Wildman–Crippen MR) is 118 cm³/mol. The van der Waals surface area contributed by atoms with Crippen molar-refractivity contribution in [2.75, 3.05) is 22.9 Å². The van der Waals surface area contributed by atoms with Crippen LogP contribution >= 0.6 is 23.1 Å². The summed E-state index contributed by atoms with van der Waals surface area (Å²) in [5.41, 5.74) is 3.36. The predicted octanol–water partition coefficient (Wildman–Crippen LogP) is 4.02. The van der Waals surface area contributed by atoms with Gasteiger partial charge in [0.25, 0.3) is 0 Å². The fraction of sp³-hybridized carbons (Fsp3) is 0.200. The Hall–Kier alpha value is -3.05. The number of nitrogens with zero attached hydrogens (tertiary/aromatic N) is 2. The average Bonchev–Trinajstić information content (AvgIpc) is 3.18. The van der Waals surface area contributed by atoms with E-state index in [0.29, 0.717) is 9.47 Å². The Morgan fingerprint density at radius 2 is 1.74 bits per heavy atom. The van der Waals surface area contributed by atoms with Crippen LogP contribution in [0.1, 0.15) is 11.1 Å². The summed E-state index contributed by atoms with van der Waals surface area (Å²) >= 11 is 2.51. The van der Waals surface area contributed by atoms with E-state index in [4.69, 9.17) is 0 Å². The first kappa shape index (κ1) is 22.6. The molecular formula is C20H19F2N5O2S2. The second-order valence-electron chi connectivity index (χ2n) is 6.54. The van der Waals surface area contributed by atoms with Crippen LogP contribution < -0.4 is 16.0 Å². The first-order valence-corrected chi connectivity index (χ1v) is 10.9. The highest BCUT2D eigenvalue weighted by atomic mass is 32.2. The van der Waals surface area contributed by atoms with E-state index >= 15 is 0 Å². The zero-order chi connectivity index (χ0) is 22.4. The topological polar surface area (TPSA) is 96.0 Å². The molecule has 0 saturated heterocycles. The SMILES string of the molecule is Cc1ccc(Nc2nnc(SCC(=O)NCC(=O)Nc3ccc(F)c(F)c3)s2)cc1C. The van der Waals surface area contributed by atoms with Gasteiger partial charge in [-0.05, 0) is 49.2 Å². The summed E-state index contributed by atoms with van der Waals surface area (Å²) in [5.74, 6) is -2.95. The molecule has 7 nitrogen and oxygen atoms in total. The largest absolute Gasteiger partial charge is 0.346 e. The number of anilines is 3. The summed E-state index contributed by atoms with van der Waals surface area (Å²) in [6.07, 6.45) is 0. The van der Waals surface area contributed by atoms with Crippen molar-refractivity contribution in [3.05, 3.63) is 59.2 Å². The van der Waals surface area contributed by atoms with Gasteiger partial charge >= 0.3 is 0 Å². The molecular weight excluding hydrogens is 444 g/mol. The molecule has 31 heavy (non-hydrogen) atoms. The highest BCUT2D eigenvalue weighted by molar-refractivity contribution is 8.01. The average molecular weight is 464 g/mol. The van der Waals surface area contributed by atoms with E-state index in [1.54, 1.807) is 0 Å². The third-order valence-electron chi connectivity index (χ3n) is 4.14. The highest BCUT2D eigenvalue weighted by Gasteiger charge is 2.11. The van der Waals surface area contributed by atoms with Crippen molar-refractivity contribution in [1.29, 1.82) is 0 Å². The van der Waals surface area contributed by atoms with Gasteiger partial charge in [-0.1, -0.05) is 29.2 Å². The number of carbonyl (C=O) groups is 2. The number of rotatable bonds is 8. The molecule has 3 aromatic rings. The van der Waals surface area contributed by atoms with E-state index in [1.165, 1.54) is 34.7 Å². The number of halogens is 2. The molecule has 0 spiro atoms. The molecule has 0 radical (unpaired) electrons. The fourth-order valence-electron chi connectivity index (χ4n) is 2.40. The van der Waals surface area contributed by atoms with Crippen LogP contribution in [0, 0.1) is 25.5 Å². The first-order chi connectivity index (χ1) is 14.8. The molecule has 2 aromatic carbocycles. The zero-order valence-electron chi connectivity index (χ0n) is 16.7. The van der Waals surface area contributed by atoms with E-state index in [2.05, 4.69) is 26.1 Å². The van der Waals surface area contributed by atoms with Crippen molar-refractivity contribution in [2.45, 2.75) is 18.2 Å². The zero-order valence-corrected chi connectivity index (χ0v) is 18.3. The minimum Gasteiger partial charge on any atom is -0.346 e. The van der Waals surface area contributed by atoms with Crippen molar-refractivity contribution >= 4 is 51.4 Å². The smallest absolute Gasteiger partial charge is 0.243 e. The molecule has 1 aromatic heterocycles. The van der Waals surface area contributed by atoms with Gasteiger partial charge in [0.05, 0.1) is 12.3 Å². The van der Waals surface area contributed by atoms with Crippen molar-refractivity contribution in [1.82, 2.24) is 15.5 Å². The number of thioether (sulfide) groups is 1. The summed E-state index contributed by atoms with van der Waals surface area (Å²) in [5, 5.41) is 16.7. The Kier molecular flexibility index (Phi) is 7.53. The van der Waals surface area contributed by atoms with Crippen LogP contribution in [0.15, 0.2) is 40.7 Å². The molecule has 1 heterocycles. The van der Waals surface area contributed by atoms with Crippen LogP contribution in [-0.4, -0.2) is 34.3 Å². The van der Waals surface area contributed by atoms with Crippen LogP contribution in [0.25, 0.3) is 0 Å². The normalized spacial score (nSPS) is 10.6. The minimum absolute atomic E-state index is 0.0523. The van der Waals surface area contributed by atoms with Crippen molar-refractivity contribution in [3.63, 3.8) is 0 Å². The molecule has 0 aliphatic heterocycles. The van der Waals surface area contributed by atoms with Crippen molar-refractivity contribution < 1.29 is 18.4 Å². The molecule has 2 amide bonds. The summed E-state index contributed by atoms with van der Waals surface area (Å²) in [6, 6.07) is 8.99.